The van der Waals surface area contributed by atoms with E-state index in [2.05, 4.69) is 4.99 Å². The maximum atomic E-state index is 12.7. The van der Waals surface area contributed by atoms with Crippen molar-refractivity contribution in [2.75, 3.05) is 20.3 Å². The average Bonchev–Trinajstić information content (AvgIpc) is 2.61. The molecule has 0 bridgehead atoms. The van der Waals surface area contributed by atoms with E-state index in [1.165, 1.54) is 7.11 Å². The van der Waals surface area contributed by atoms with Gasteiger partial charge >= 0.3 is 11.9 Å². The molecule has 2 rings (SSSR count). The molecule has 0 amide bonds. The summed E-state index contributed by atoms with van der Waals surface area (Å²) in [5.74, 6) is -1.81. The van der Waals surface area contributed by atoms with E-state index in [1.54, 1.807) is 45.9 Å². The standard InChI is InChI=1S/C20H24ClNO5/c1-6-26-19(23)16-11(3)22-12(4)17(20(24)27-7-2)18(16)14-9-8-13(25-5)10-15(14)21/h8-10,16,18H,6-7H2,1-5H3. The Bertz CT molecular complexity index is 800. The Labute approximate surface area is 164 Å². The summed E-state index contributed by atoms with van der Waals surface area (Å²) in [6.45, 7) is 7.37. The van der Waals surface area contributed by atoms with Crippen molar-refractivity contribution in [3.05, 3.63) is 40.1 Å². The van der Waals surface area contributed by atoms with Gasteiger partial charge in [-0.3, -0.25) is 9.79 Å². The van der Waals surface area contributed by atoms with Crippen LogP contribution in [-0.2, 0) is 19.1 Å². The molecule has 1 aromatic rings. The fourth-order valence-electron chi connectivity index (χ4n) is 3.27. The lowest BCUT2D eigenvalue weighted by Crippen LogP contribution is -2.36. The van der Waals surface area contributed by atoms with Gasteiger partial charge in [0.2, 0.25) is 0 Å². The molecule has 0 aromatic heterocycles. The largest absolute Gasteiger partial charge is 0.497 e. The third kappa shape index (κ3) is 4.33. The second-order valence-corrected chi connectivity index (χ2v) is 6.47. The van der Waals surface area contributed by atoms with E-state index in [4.69, 9.17) is 25.8 Å². The van der Waals surface area contributed by atoms with Crippen LogP contribution in [0.2, 0.25) is 5.02 Å². The molecule has 2 atom stereocenters. The maximum absolute atomic E-state index is 12.7. The first-order valence-corrected chi connectivity index (χ1v) is 9.16. The summed E-state index contributed by atoms with van der Waals surface area (Å²) >= 11 is 6.48. The Balaban J connectivity index is 2.67. The molecule has 0 saturated carbocycles. The summed E-state index contributed by atoms with van der Waals surface area (Å²) in [5, 5.41) is 0.387. The molecule has 0 radical (unpaired) electrons. The number of aliphatic imine (C=N–C) groups is 1. The van der Waals surface area contributed by atoms with Gasteiger partial charge in [-0.15, -0.1) is 0 Å². The van der Waals surface area contributed by atoms with E-state index in [0.717, 1.165) is 0 Å². The molecule has 1 aromatic carbocycles. The number of nitrogens with zero attached hydrogens (tertiary/aromatic N) is 1. The number of ether oxygens (including phenoxy) is 3. The van der Waals surface area contributed by atoms with Crippen molar-refractivity contribution in [2.45, 2.75) is 33.6 Å². The highest BCUT2D eigenvalue weighted by Crippen LogP contribution is 2.43. The van der Waals surface area contributed by atoms with Crippen LogP contribution < -0.4 is 4.74 Å². The Kier molecular flexibility index (Phi) is 7.02. The Morgan fingerprint density at radius 3 is 2.37 bits per heavy atom. The van der Waals surface area contributed by atoms with Crippen LogP contribution in [0.15, 0.2) is 34.5 Å². The van der Waals surface area contributed by atoms with Gasteiger partial charge in [-0.25, -0.2) is 4.79 Å². The molecule has 0 fully saturated rings. The van der Waals surface area contributed by atoms with E-state index < -0.39 is 23.8 Å². The fraction of sp³-hybridized carbons (Fsp3) is 0.450. The zero-order valence-electron chi connectivity index (χ0n) is 16.2. The third-order valence-electron chi connectivity index (χ3n) is 4.41. The van der Waals surface area contributed by atoms with Crippen molar-refractivity contribution >= 4 is 29.3 Å². The smallest absolute Gasteiger partial charge is 0.336 e. The van der Waals surface area contributed by atoms with Gasteiger partial charge < -0.3 is 14.2 Å². The number of allylic oxidation sites excluding steroid dienone is 1. The van der Waals surface area contributed by atoms with E-state index in [1.807, 2.05) is 0 Å². The lowest BCUT2D eigenvalue weighted by molar-refractivity contribution is -0.146. The molecule has 2 unspecified atom stereocenters. The maximum Gasteiger partial charge on any atom is 0.336 e. The highest BCUT2D eigenvalue weighted by atomic mass is 35.5. The zero-order chi connectivity index (χ0) is 20.1. The van der Waals surface area contributed by atoms with Crippen LogP contribution in [0.25, 0.3) is 0 Å². The molecule has 0 spiro atoms. The van der Waals surface area contributed by atoms with Crippen LogP contribution in [0.1, 0.15) is 39.2 Å². The number of halogens is 1. The lowest BCUT2D eigenvalue weighted by Gasteiger charge is -2.32. The summed E-state index contributed by atoms with van der Waals surface area (Å²) in [6.07, 6.45) is 0. The quantitative estimate of drug-likeness (QED) is 0.685. The van der Waals surface area contributed by atoms with Crippen LogP contribution in [0.4, 0.5) is 0 Å². The normalized spacial score (nSPS) is 19.4. The first-order chi connectivity index (χ1) is 12.8. The SMILES string of the molecule is CCOC(=O)C1=C(C)N=C(C)C(C(=O)OCC)C1c1ccc(OC)cc1Cl. The highest BCUT2D eigenvalue weighted by Gasteiger charge is 2.43. The van der Waals surface area contributed by atoms with E-state index in [-0.39, 0.29) is 13.2 Å². The van der Waals surface area contributed by atoms with Crippen molar-refractivity contribution < 1.29 is 23.8 Å². The summed E-state index contributed by atoms with van der Waals surface area (Å²) in [5.41, 5.74) is 2.00. The van der Waals surface area contributed by atoms with Crippen molar-refractivity contribution in [3.63, 3.8) is 0 Å². The van der Waals surface area contributed by atoms with Gasteiger partial charge in [0, 0.05) is 22.3 Å². The Morgan fingerprint density at radius 2 is 1.81 bits per heavy atom. The molecule has 1 heterocycles. The first-order valence-electron chi connectivity index (χ1n) is 8.78. The van der Waals surface area contributed by atoms with Gasteiger partial charge in [-0.1, -0.05) is 17.7 Å². The number of rotatable bonds is 6. The minimum atomic E-state index is -0.765. The van der Waals surface area contributed by atoms with Crippen LogP contribution in [0.5, 0.6) is 5.75 Å². The number of benzene rings is 1. The van der Waals surface area contributed by atoms with Gasteiger partial charge in [-0.05, 0) is 45.4 Å². The van der Waals surface area contributed by atoms with Crippen molar-refractivity contribution in [1.82, 2.24) is 0 Å². The fourth-order valence-corrected chi connectivity index (χ4v) is 3.56. The van der Waals surface area contributed by atoms with Gasteiger partial charge in [0.1, 0.15) is 11.7 Å². The van der Waals surface area contributed by atoms with Gasteiger partial charge in [-0.2, -0.15) is 0 Å². The van der Waals surface area contributed by atoms with Crippen molar-refractivity contribution in [2.24, 2.45) is 10.9 Å². The Morgan fingerprint density at radius 1 is 1.15 bits per heavy atom. The van der Waals surface area contributed by atoms with Crippen LogP contribution in [0.3, 0.4) is 0 Å². The molecular formula is C20H24ClNO5. The van der Waals surface area contributed by atoms with Crippen LogP contribution >= 0.6 is 11.6 Å². The minimum Gasteiger partial charge on any atom is -0.497 e. The number of hydrogen-bond acceptors (Lipinski definition) is 6. The zero-order valence-corrected chi connectivity index (χ0v) is 16.9. The Hall–Kier alpha value is -2.34. The van der Waals surface area contributed by atoms with Crippen LogP contribution in [0, 0.1) is 5.92 Å². The monoisotopic (exact) mass is 393 g/mol. The first kappa shape index (κ1) is 21.0. The number of esters is 2. The predicted molar refractivity (Wildman–Crippen MR) is 103 cm³/mol. The summed E-state index contributed by atoms with van der Waals surface area (Å²) in [7, 11) is 1.54. The third-order valence-corrected chi connectivity index (χ3v) is 4.73. The average molecular weight is 394 g/mol. The summed E-state index contributed by atoms with van der Waals surface area (Å²) in [4.78, 5) is 29.8. The van der Waals surface area contributed by atoms with E-state index >= 15 is 0 Å². The second kappa shape index (κ2) is 9.04. The van der Waals surface area contributed by atoms with Gasteiger partial charge in [0.05, 0.1) is 25.9 Å². The van der Waals surface area contributed by atoms with E-state index in [9.17, 15) is 9.59 Å². The molecule has 146 valence electrons. The molecular weight excluding hydrogens is 370 g/mol. The van der Waals surface area contributed by atoms with Crippen LogP contribution in [-0.4, -0.2) is 38.0 Å². The van der Waals surface area contributed by atoms with Gasteiger partial charge in [0.25, 0.3) is 0 Å². The summed E-state index contributed by atoms with van der Waals surface area (Å²) in [6, 6.07) is 5.14. The molecule has 0 N–H and O–H groups in total. The highest BCUT2D eigenvalue weighted by molar-refractivity contribution is 6.31. The minimum absolute atomic E-state index is 0.214. The van der Waals surface area contributed by atoms with Crippen molar-refractivity contribution in [1.29, 1.82) is 0 Å². The van der Waals surface area contributed by atoms with E-state index in [0.29, 0.717) is 33.3 Å². The number of carbonyl (C=O) groups is 2. The van der Waals surface area contributed by atoms with Gasteiger partial charge in [0.15, 0.2) is 0 Å². The number of methoxy groups -OCH3 is 1. The molecule has 1 aliphatic rings. The molecule has 6 nitrogen and oxygen atoms in total. The molecule has 1 aliphatic heterocycles. The topological polar surface area (TPSA) is 74.2 Å². The molecule has 0 saturated heterocycles. The lowest BCUT2D eigenvalue weighted by atomic mass is 9.75. The number of hydrogen-bond donors (Lipinski definition) is 0. The number of carbonyl (C=O) groups excluding carboxylic acids is 2. The molecule has 27 heavy (non-hydrogen) atoms. The molecule has 7 heteroatoms. The summed E-state index contributed by atoms with van der Waals surface area (Å²) < 4.78 is 15.7. The predicted octanol–water partition coefficient (Wildman–Crippen LogP) is 3.92. The van der Waals surface area contributed by atoms with Crippen molar-refractivity contribution in [3.8, 4) is 5.75 Å². The second-order valence-electron chi connectivity index (χ2n) is 6.07. The molecule has 0 aliphatic carbocycles.